The minimum Gasteiger partial charge on any atom is -0.493 e. The molecule has 1 aromatic rings. The summed E-state index contributed by atoms with van der Waals surface area (Å²) in [5, 5.41) is 3.11. The summed E-state index contributed by atoms with van der Waals surface area (Å²) in [7, 11) is 1.27. The Labute approximate surface area is 133 Å². The fourth-order valence-corrected chi connectivity index (χ4v) is 4.85. The average molecular weight is 379 g/mol. The van der Waals surface area contributed by atoms with Gasteiger partial charge in [0, 0.05) is 29.7 Å². The number of nitrogens with one attached hydrogen (secondary N) is 1. The summed E-state index contributed by atoms with van der Waals surface area (Å²) in [6, 6.07) is 3.29. The third kappa shape index (κ3) is 3.18. The average Bonchev–Trinajstić information content (AvgIpc) is 2.96. The van der Waals surface area contributed by atoms with Gasteiger partial charge in [-0.1, -0.05) is 0 Å². The first-order valence-electron chi connectivity index (χ1n) is 6.53. The van der Waals surface area contributed by atoms with Crippen LogP contribution >= 0.6 is 15.9 Å². The first kappa shape index (κ1) is 16.5. The maximum Gasteiger partial charge on any atom is 0.244 e. The Morgan fingerprint density at radius 2 is 1.90 bits per heavy atom. The Bertz CT molecular complexity index is 621. The number of sulfonamides is 1. The Balaban J connectivity index is 2.41. The summed E-state index contributed by atoms with van der Waals surface area (Å²) in [6.07, 6.45) is 0.806. The van der Waals surface area contributed by atoms with E-state index in [1.54, 1.807) is 6.07 Å². The van der Waals surface area contributed by atoms with Gasteiger partial charge in [-0.05, 0) is 35.5 Å². The highest BCUT2D eigenvalue weighted by Crippen LogP contribution is 2.37. The van der Waals surface area contributed by atoms with Crippen LogP contribution in [0, 0.1) is 0 Å². The zero-order chi connectivity index (χ0) is 15.6. The van der Waals surface area contributed by atoms with Gasteiger partial charge in [0.15, 0.2) is 11.5 Å². The number of ether oxygens (including phenoxy) is 2. The van der Waals surface area contributed by atoms with Gasteiger partial charge in [0.1, 0.15) is 4.90 Å². The van der Waals surface area contributed by atoms with E-state index in [2.05, 4.69) is 21.2 Å². The van der Waals surface area contributed by atoms with Crippen molar-refractivity contribution in [2.45, 2.75) is 17.4 Å². The van der Waals surface area contributed by atoms with Crippen LogP contribution in [-0.2, 0) is 10.0 Å². The third-order valence-electron chi connectivity index (χ3n) is 3.62. The van der Waals surface area contributed by atoms with Crippen LogP contribution < -0.4 is 14.8 Å². The van der Waals surface area contributed by atoms with Crippen LogP contribution in [-0.4, -0.2) is 53.1 Å². The van der Waals surface area contributed by atoms with E-state index >= 15 is 0 Å². The highest BCUT2D eigenvalue weighted by atomic mass is 79.9. The Morgan fingerprint density at radius 3 is 2.43 bits per heavy atom. The molecule has 0 aromatic heterocycles. The van der Waals surface area contributed by atoms with Crippen molar-refractivity contribution >= 4 is 26.0 Å². The smallest absolute Gasteiger partial charge is 0.244 e. The van der Waals surface area contributed by atoms with Gasteiger partial charge in [-0.3, -0.25) is 0 Å². The fraction of sp³-hybridized carbons (Fsp3) is 0.538. The molecule has 0 amide bonds. The molecular weight excluding hydrogens is 360 g/mol. The molecule has 0 aliphatic carbocycles. The molecule has 1 N–H and O–H groups in total. The summed E-state index contributed by atoms with van der Waals surface area (Å²) >= 11 is 3.31. The molecular formula is C13H19BrN2O4S. The molecule has 0 bridgehead atoms. The number of hydrogen-bond donors (Lipinski definition) is 1. The predicted molar refractivity (Wildman–Crippen MR) is 83.5 cm³/mol. The number of likely N-dealkylation sites (N-methyl/N-ethyl adjacent to an activating group) is 1. The molecule has 6 nitrogen and oxygen atoms in total. The first-order valence-corrected chi connectivity index (χ1v) is 8.76. The van der Waals surface area contributed by atoms with Crippen LogP contribution in [0.4, 0.5) is 0 Å². The van der Waals surface area contributed by atoms with Crippen LogP contribution in [0.3, 0.4) is 0 Å². The monoisotopic (exact) mass is 378 g/mol. The van der Waals surface area contributed by atoms with Crippen molar-refractivity contribution in [1.29, 1.82) is 0 Å². The number of methoxy groups -OCH3 is 2. The van der Waals surface area contributed by atoms with Crippen molar-refractivity contribution in [2.75, 3.05) is 34.4 Å². The Hall–Kier alpha value is -0.830. The summed E-state index contributed by atoms with van der Waals surface area (Å²) in [5.74, 6) is 0.876. The van der Waals surface area contributed by atoms with Crippen molar-refractivity contribution in [3.8, 4) is 11.5 Å². The number of benzene rings is 1. The molecule has 1 unspecified atom stereocenters. The predicted octanol–water partition coefficient (Wildman–Crippen LogP) is 1.45. The summed E-state index contributed by atoms with van der Waals surface area (Å²) in [5.41, 5.74) is 0. The van der Waals surface area contributed by atoms with Crippen LogP contribution in [0.25, 0.3) is 0 Å². The lowest BCUT2D eigenvalue weighted by Crippen LogP contribution is -2.33. The molecule has 1 aromatic carbocycles. The van der Waals surface area contributed by atoms with Gasteiger partial charge in [0.05, 0.1) is 14.2 Å². The fourth-order valence-electron chi connectivity index (χ4n) is 2.35. The highest BCUT2D eigenvalue weighted by Gasteiger charge is 2.33. The van der Waals surface area contributed by atoms with Crippen LogP contribution in [0.2, 0.25) is 0 Å². The lowest BCUT2D eigenvalue weighted by atomic mass is 10.3. The van der Waals surface area contributed by atoms with Crippen molar-refractivity contribution in [3.05, 3.63) is 16.6 Å². The number of nitrogens with zero attached hydrogens (tertiary/aromatic N) is 1. The second kappa shape index (κ2) is 6.51. The zero-order valence-corrected chi connectivity index (χ0v) is 14.6. The molecule has 0 radical (unpaired) electrons. The molecule has 2 rings (SSSR count). The van der Waals surface area contributed by atoms with Crippen LogP contribution in [0.15, 0.2) is 21.5 Å². The summed E-state index contributed by atoms with van der Waals surface area (Å²) < 4.78 is 37.8. The zero-order valence-electron chi connectivity index (χ0n) is 12.2. The SMILES string of the molecule is CNC1CCN(S(=O)(=O)c2cc(OC)c(OC)cc2Br)C1. The molecule has 118 valence electrons. The lowest BCUT2D eigenvalue weighted by molar-refractivity contribution is 0.353. The van der Waals surface area contributed by atoms with Crippen molar-refractivity contribution in [2.24, 2.45) is 0 Å². The second-order valence-corrected chi connectivity index (χ2v) is 7.54. The van der Waals surface area contributed by atoms with E-state index in [1.165, 1.54) is 24.6 Å². The Kier molecular flexibility index (Phi) is 5.13. The second-order valence-electron chi connectivity index (χ2n) is 4.77. The van der Waals surface area contributed by atoms with Gasteiger partial charge in [0.2, 0.25) is 10.0 Å². The van der Waals surface area contributed by atoms with E-state index in [0.29, 0.717) is 29.1 Å². The van der Waals surface area contributed by atoms with Gasteiger partial charge < -0.3 is 14.8 Å². The molecule has 1 heterocycles. The van der Waals surface area contributed by atoms with Crippen molar-refractivity contribution in [1.82, 2.24) is 9.62 Å². The lowest BCUT2D eigenvalue weighted by Gasteiger charge is -2.19. The minimum absolute atomic E-state index is 0.192. The molecule has 8 heteroatoms. The molecule has 1 atom stereocenters. The van der Waals surface area contributed by atoms with Gasteiger partial charge in [-0.2, -0.15) is 4.31 Å². The molecule has 1 aliphatic heterocycles. The molecule has 21 heavy (non-hydrogen) atoms. The third-order valence-corrected chi connectivity index (χ3v) is 6.44. The van der Waals surface area contributed by atoms with Gasteiger partial charge in [0.25, 0.3) is 0 Å². The quantitative estimate of drug-likeness (QED) is 0.839. The van der Waals surface area contributed by atoms with E-state index in [0.717, 1.165) is 6.42 Å². The van der Waals surface area contributed by atoms with Gasteiger partial charge >= 0.3 is 0 Å². The molecule has 0 saturated carbocycles. The molecule has 1 fully saturated rings. The summed E-state index contributed by atoms with van der Waals surface area (Å²) in [6.45, 7) is 0.980. The van der Waals surface area contributed by atoms with Gasteiger partial charge in [-0.25, -0.2) is 8.42 Å². The number of hydrogen-bond acceptors (Lipinski definition) is 5. The van der Waals surface area contributed by atoms with Crippen molar-refractivity contribution in [3.63, 3.8) is 0 Å². The van der Waals surface area contributed by atoms with Crippen LogP contribution in [0.5, 0.6) is 11.5 Å². The van der Waals surface area contributed by atoms with E-state index in [4.69, 9.17) is 9.47 Å². The summed E-state index contributed by atoms with van der Waals surface area (Å²) in [4.78, 5) is 0.192. The van der Waals surface area contributed by atoms with E-state index in [9.17, 15) is 8.42 Å². The van der Waals surface area contributed by atoms with Gasteiger partial charge in [-0.15, -0.1) is 0 Å². The van der Waals surface area contributed by atoms with E-state index in [1.807, 2.05) is 7.05 Å². The number of rotatable bonds is 5. The van der Waals surface area contributed by atoms with Crippen LogP contribution in [0.1, 0.15) is 6.42 Å². The van der Waals surface area contributed by atoms with E-state index < -0.39 is 10.0 Å². The molecule has 1 aliphatic rings. The molecule has 1 saturated heterocycles. The van der Waals surface area contributed by atoms with E-state index in [-0.39, 0.29) is 10.9 Å². The standard InChI is InChI=1S/C13H19BrN2O4S/c1-15-9-4-5-16(8-9)21(17,18)13-7-12(20-3)11(19-2)6-10(13)14/h6-7,9,15H,4-5,8H2,1-3H3. The minimum atomic E-state index is -3.56. The Morgan fingerprint density at radius 1 is 1.29 bits per heavy atom. The first-order chi connectivity index (χ1) is 9.93. The topological polar surface area (TPSA) is 67.9 Å². The molecule has 0 spiro atoms. The largest absolute Gasteiger partial charge is 0.493 e. The number of halogens is 1. The van der Waals surface area contributed by atoms with Crippen molar-refractivity contribution < 1.29 is 17.9 Å². The normalized spacial score (nSPS) is 19.7. The highest BCUT2D eigenvalue weighted by molar-refractivity contribution is 9.10. The maximum absolute atomic E-state index is 12.8. The maximum atomic E-state index is 12.8.